The number of hydrogen-bond acceptors (Lipinski definition) is 3. The minimum Gasteiger partial charge on any atom is -0.373 e. The van der Waals surface area contributed by atoms with Gasteiger partial charge in [0.1, 0.15) is 5.82 Å². The molecule has 0 atom stereocenters. The standard InChI is InChI=1S/C16H17N3O/c1-17-15-10-12(6-8-18-15)11-19-9-7-13-4-2-3-5-14(13)16(19)20/h2-6,8,10H,7,9,11H2,1H3,(H,17,18). The molecule has 0 unspecified atom stereocenters. The third-order valence-corrected chi connectivity index (χ3v) is 3.64. The number of nitrogens with zero attached hydrogens (tertiary/aromatic N) is 2. The van der Waals surface area contributed by atoms with Gasteiger partial charge in [-0.15, -0.1) is 0 Å². The molecular weight excluding hydrogens is 250 g/mol. The highest BCUT2D eigenvalue weighted by Gasteiger charge is 2.23. The third kappa shape index (κ3) is 2.37. The highest BCUT2D eigenvalue weighted by Crippen LogP contribution is 2.20. The highest BCUT2D eigenvalue weighted by atomic mass is 16.2. The van der Waals surface area contributed by atoms with Crippen LogP contribution in [0.2, 0.25) is 0 Å². The van der Waals surface area contributed by atoms with Crippen LogP contribution in [0.3, 0.4) is 0 Å². The van der Waals surface area contributed by atoms with Gasteiger partial charge in [0.15, 0.2) is 0 Å². The van der Waals surface area contributed by atoms with Gasteiger partial charge < -0.3 is 10.2 Å². The summed E-state index contributed by atoms with van der Waals surface area (Å²) in [5.74, 6) is 0.946. The van der Waals surface area contributed by atoms with Crippen LogP contribution >= 0.6 is 0 Å². The fraction of sp³-hybridized carbons (Fsp3) is 0.250. The molecule has 1 aliphatic rings. The molecule has 1 aromatic heterocycles. The van der Waals surface area contributed by atoms with Gasteiger partial charge in [-0.25, -0.2) is 4.98 Å². The Morgan fingerprint density at radius 2 is 2.15 bits per heavy atom. The van der Waals surface area contributed by atoms with Crippen LogP contribution in [0.4, 0.5) is 5.82 Å². The second-order valence-corrected chi connectivity index (χ2v) is 4.93. The molecule has 0 radical (unpaired) electrons. The fourth-order valence-corrected chi connectivity index (χ4v) is 2.55. The van der Waals surface area contributed by atoms with Crippen molar-refractivity contribution in [2.45, 2.75) is 13.0 Å². The van der Waals surface area contributed by atoms with Crippen LogP contribution in [0.5, 0.6) is 0 Å². The topological polar surface area (TPSA) is 45.2 Å². The summed E-state index contributed by atoms with van der Waals surface area (Å²) in [4.78, 5) is 18.6. The van der Waals surface area contributed by atoms with Crippen molar-refractivity contribution < 1.29 is 4.79 Å². The predicted molar refractivity (Wildman–Crippen MR) is 78.7 cm³/mol. The van der Waals surface area contributed by atoms with Gasteiger partial charge in [-0.3, -0.25) is 4.79 Å². The number of hydrogen-bond donors (Lipinski definition) is 1. The summed E-state index contributed by atoms with van der Waals surface area (Å²) in [5.41, 5.74) is 3.08. The molecule has 0 bridgehead atoms. The van der Waals surface area contributed by atoms with Gasteiger partial charge in [0.25, 0.3) is 5.91 Å². The molecule has 0 saturated heterocycles. The van der Waals surface area contributed by atoms with E-state index in [4.69, 9.17) is 0 Å². The maximum absolute atomic E-state index is 12.5. The van der Waals surface area contributed by atoms with Crippen LogP contribution in [0.25, 0.3) is 0 Å². The molecule has 1 amide bonds. The molecule has 1 aliphatic heterocycles. The molecular formula is C16H17N3O. The highest BCUT2D eigenvalue weighted by molar-refractivity contribution is 5.96. The number of pyridine rings is 1. The van der Waals surface area contributed by atoms with Crippen LogP contribution in [-0.2, 0) is 13.0 Å². The van der Waals surface area contributed by atoms with E-state index < -0.39 is 0 Å². The van der Waals surface area contributed by atoms with Gasteiger partial charge in [0.2, 0.25) is 0 Å². The number of rotatable bonds is 3. The number of fused-ring (bicyclic) bond motifs is 1. The zero-order valence-electron chi connectivity index (χ0n) is 11.5. The smallest absolute Gasteiger partial charge is 0.254 e. The molecule has 20 heavy (non-hydrogen) atoms. The first kappa shape index (κ1) is 12.7. The molecule has 2 heterocycles. The van der Waals surface area contributed by atoms with Crippen LogP contribution in [0, 0.1) is 0 Å². The molecule has 0 fully saturated rings. The van der Waals surface area contributed by atoms with Crippen molar-refractivity contribution in [1.29, 1.82) is 0 Å². The van der Waals surface area contributed by atoms with Crippen molar-refractivity contribution in [2.24, 2.45) is 0 Å². The third-order valence-electron chi connectivity index (χ3n) is 3.64. The lowest BCUT2D eigenvalue weighted by atomic mass is 9.99. The number of anilines is 1. The zero-order chi connectivity index (χ0) is 13.9. The second kappa shape index (κ2) is 5.33. The predicted octanol–water partition coefficient (Wildman–Crippen LogP) is 2.32. The van der Waals surface area contributed by atoms with Crippen LogP contribution in [0.1, 0.15) is 21.5 Å². The SMILES string of the molecule is CNc1cc(CN2CCc3ccccc3C2=O)ccn1. The maximum Gasteiger partial charge on any atom is 0.254 e. The molecule has 0 aliphatic carbocycles. The Labute approximate surface area is 118 Å². The normalized spacial score (nSPS) is 14.1. The van der Waals surface area contributed by atoms with Crippen molar-refractivity contribution in [3.05, 3.63) is 59.3 Å². The number of carbonyl (C=O) groups excluding carboxylic acids is 1. The summed E-state index contributed by atoms with van der Waals surface area (Å²) in [6.45, 7) is 1.40. The van der Waals surface area contributed by atoms with E-state index in [1.807, 2.05) is 48.3 Å². The Morgan fingerprint density at radius 3 is 3.00 bits per heavy atom. The summed E-state index contributed by atoms with van der Waals surface area (Å²) >= 11 is 0. The Balaban J connectivity index is 1.81. The monoisotopic (exact) mass is 267 g/mol. The molecule has 3 rings (SSSR count). The number of benzene rings is 1. The van der Waals surface area contributed by atoms with Crippen molar-refractivity contribution in [1.82, 2.24) is 9.88 Å². The van der Waals surface area contributed by atoms with E-state index in [9.17, 15) is 4.79 Å². The minimum atomic E-state index is 0.120. The number of carbonyl (C=O) groups is 1. The molecule has 1 aromatic carbocycles. The Bertz CT molecular complexity index is 639. The van der Waals surface area contributed by atoms with Gasteiger partial charge in [0.05, 0.1) is 0 Å². The molecule has 1 N–H and O–H groups in total. The lowest BCUT2D eigenvalue weighted by Crippen LogP contribution is -2.36. The van der Waals surface area contributed by atoms with Gasteiger partial charge in [-0.1, -0.05) is 18.2 Å². The van der Waals surface area contributed by atoms with E-state index in [0.717, 1.165) is 35.5 Å². The Kier molecular flexibility index (Phi) is 3.37. The summed E-state index contributed by atoms with van der Waals surface area (Å²) in [6, 6.07) is 11.8. The van der Waals surface area contributed by atoms with Crippen molar-refractivity contribution >= 4 is 11.7 Å². The number of amides is 1. The molecule has 2 aromatic rings. The quantitative estimate of drug-likeness (QED) is 0.928. The molecule has 102 valence electrons. The summed E-state index contributed by atoms with van der Waals surface area (Å²) in [6.07, 6.45) is 2.69. The summed E-state index contributed by atoms with van der Waals surface area (Å²) in [7, 11) is 1.84. The van der Waals surface area contributed by atoms with Gasteiger partial charge in [-0.2, -0.15) is 0 Å². The second-order valence-electron chi connectivity index (χ2n) is 4.93. The lowest BCUT2D eigenvalue weighted by Gasteiger charge is -2.28. The number of nitrogens with one attached hydrogen (secondary N) is 1. The largest absolute Gasteiger partial charge is 0.373 e. The van der Waals surface area contributed by atoms with Crippen LogP contribution < -0.4 is 5.32 Å². The van der Waals surface area contributed by atoms with Gasteiger partial charge >= 0.3 is 0 Å². The van der Waals surface area contributed by atoms with Crippen molar-refractivity contribution in [3.63, 3.8) is 0 Å². The molecule has 0 spiro atoms. The number of aromatic nitrogens is 1. The Morgan fingerprint density at radius 1 is 1.30 bits per heavy atom. The first-order chi connectivity index (χ1) is 9.78. The lowest BCUT2D eigenvalue weighted by molar-refractivity contribution is 0.0727. The van der Waals surface area contributed by atoms with Crippen molar-refractivity contribution in [3.8, 4) is 0 Å². The van der Waals surface area contributed by atoms with Gasteiger partial charge in [-0.05, 0) is 35.7 Å². The van der Waals surface area contributed by atoms with E-state index >= 15 is 0 Å². The molecule has 4 heteroatoms. The van der Waals surface area contributed by atoms with Crippen LogP contribution in [0.15, 0.2) is 42.6 Å². The zero-order valence-corrected chi connectivity index (χ0v) is 11.5. The summed E-state index contributed by atoms with van der Waals surface area (Å²) in [5, 5.41) is 3.02. The summed E-state index contributed by atoms with van der Waals surface area (Å²) < 4.78 is 0. The van der Waals surface area contributed by atoms with Crippen LogP contribution in [-0.4, -0.2) is 29.4 Å². The van der Waals surface area contributed by atoms with E-state index in [1.165, 1.54) is 0 Å². The average molecular weight is 267 g/mol. The van der Waals surface area contributed by atoms with Gasteiger partial charge in [0, 0.05) is 31.9 Å². The van der Waals surface area contributed by atoms with Crippen molar-refractivity contribution in [2.75, 3.05) is 18.9 Å². The minimum absolute atomic E-state index is 0.120. The maximum atomic E-state index is 12.5. The first-order valence-corrected chi connectivity index (χ1v) is 6.78. The average Bonchev–Trinajstić information content (AvgIpc) is 2.50. The van der Waals surface area contributed by atoms with E-state index in [1.54, 1.807) is 6.20 Å². The molecule has 4 nitrogen and oxygen atoms in total. The molecule has 0 saturated carbocycles. The first-order valence-electron chi connectivity index (χ1n) is 6.78. The fourth-order valence-electron chi connectivity index (χ4n) is 2.55. The Hall–Kier alpha value is -2.36. The van der Waals surface area contributed by atoms with E-state index in [2.05, 4.69) is 10.3 Å². The van der Waals surface area contributed by atoms with E-state index in [-0.39, 0.29) is 5.91 Å². The van der Waals surface area contributed by atoms with E-state index in [0.29, 0.717) is 6.54 Å².